The van der Waals surface area contributed by atoms with Crippen molar-refractivity contribution in [1.29, 1.82) is 0 Å². The molecule has 0 aliphatic heterocycles. The van der Waals surface area contributed by atoms with E-state index in [9.17, 15) is 18.0 Å². The van der Waals surface area contributed by atoms with E-state index in [0.717, 1.165) is 17.4 Å². The van der Waals surface area contributed by atoms with Crippen LogP contribution in [0.25, 0.3) is 6.08 Å². The zero-order valence-corrected chi connectivity index (χ0v) is 16.2. The average molecular weight is 402 g/mol. The van der Waals surface area contributed by atoms with E-state index in [0.29, 0.717) is 12.2 Å². The van der Waals surface area contributed by atoms with Gasteiger partial charge in [0.15, 0.2) is 6.61 Å². The number of amides is 1. The minimum Gasteiger partial charge on any atom is -0.452 e. The second-order valence-electron chi connectivity index (χ2n) is 5.86. The molecule has 0 saturated carbocycles. The molecule has 2 aromatic rings. The minimum atomic E-state index is -3.70. The molecule has 0 unspecified atom stereocenters. The molecule has 0 aromatic heterocycles. The first-order valence-electron chi connectivity index (χ1n) is 8.69. The van der Waals surface area contributed by atoms with Crippen LogP contribution in [-0.4, -0.2) is 33.4 Å². The van der Waals surface area contributed by atoms with Gasteiger partial charge in [-0.2, -0.15) is 0 Å². The molecule has 8 heteroatoms. The first-order valence-corrected chi connectivity index (χ1v) is 10.2. The maximum atomic E-state index is 12.1. The predicted octanol–water partition coefficient (Wildman–Crippen LogP) is 2.78. The largest absolute Gasteiger partial charge is 0.452 e. The molecule has 0 aliphatic carbocycles. The third kappa shape index (κ3) is 7.24. The monoisotopic (exact) mass is 402 g/mol. The van der Waals surface area contributed by atoms with E-state index in [2.05, 4.69) is 10.0 Å². The highest BCUT2D eigenvalue weighted by atomic mass is 32.2. The number of esters is 1. The Labute approximate surface area is 164 Å². The third-order valence-electron chi connectivity index (χ3n) is 3.53. The number of nitrogens with one attached hydrogen (secondary N) is 2. The summed E-state index contributed by atoms with van der Waals surface area (Å²) in [6.45, 7) is 2.07. The summed E-state index contributed by atoms with van der Waals surface area (Å²) in [5, 5.41) is 3.67. The van der Waals surface area contributed by atoms with Gasteiger partial charge in [0.25, 0.3) is 15.9 Å². The Morgan fingerprint density at radius 1 is 1.04 bits per heavy atom. The molecule has 0 radical (unpaired) electrons. The zero-order valence-electron chi connectivity index (χ0n) is 15.4. The Morgan fingerprint density at radius 2 is 1.71 bits per heavy atom. The molecule has 7 nitrogen and oxygen atoms in total. The highest BCUT2D eigenvalue weighted by molar-refractivity contribution is 7.95. The maximum absolute atomic E-state index is 12.1. The molecule has 0 spiro atoms. The normalized spacial score (nSPS) is 11.2. The van der Waals surface area contributed by atoms with Gasteiger partial charge in [-0.15, -0.1) is 0 Å². The first-order chi connectivity index (χ1) is 13.4. The van der Waals surface area contributed by atoms with E-state index in [1.54, 1.807) is 12.1 Å². The van der Waals surface area contributed by atoms with Gasteiger partial charge in [0.1, 0.15) is 0 Å². The zero-order chi connectivity index (χ0) is 20.4. The molecular formula is C20H22N2O5S. The summed E-state index contributed by atoms with van der Waals surface area (Å²) in [6.07, 6.45) is 2.27. The maximum Gasteiger partial charge on any atom is 0.338 e. The van der Waals surface area contributed by atoms with Gasteiger partial charge in [0, 0.05) is 12.2 Å². The van der Waals surface area contributed by atoms with Crippen LogP contribution in [0.5, 0.6) is 0 Å². The number of rotatable bonds is 9. The lowest BCUT2D eigenvalue weighted by molar-refractivity contribution is -0.124. The molecule has 0 aliphatic rings. The Morgan fingerprint density at radius 3 is 2.36 bits per heavy atom. The van der Waals surface area contributed by atoms with Crippen LogP contribution in [0.3, 0.4) is 0 Å². The van der Waals surface area contributed by atoms with Gasteiger partial charge in [-0.25, -0.2) is 13.2 Å². The topological polar surface area (TPSA) is 102 Å². The van der Waals surface area contributed by atoms with Crippen LogP contribution in [0, 0.1) is 0 Å². The lowest BCUT2D eigenvalue weighted by Crippen LogP contribution is -2.29. The van der Waals surface area contributed by atoms with Crippen molar-refractivity contribution >= 4 is 33.7 Å². The number of sulfonamides is 1. The van der Waals surface area contributed by atoms with Crippen LogP contribution < -0.4 is 10.0 Å². The van der Waals surface area contributed by atoms with Crippen LogP contribution in [0.15, 0.2) is 60.0 Å². The molecule has 2 rings (SSSR count). The summed E-state index contributed by atoms with van der Waals surface area (Å²) >= 11 is 0. The van der Waals surface area contributed by atoms with E-state index < -0.39 is 16.0 Å². The first kappa shape index (κ1) is 21.2. The van der Waals surface area contributed by atoms with Gasteiger partial charge >= 0.3 is 5.97 Å². The molecule has 0 heterocycles. The van der Waals surface area contributed by atoms with Crippen LogP contribution >= 0.6 is 0 Å². The Kier molecular flexibility index (Phi) is 7.76. The van der Waals surface area contributed by atoms with E-state index in [1.165, 1.54) is 30.3 Å². The van der Waals surface area contributed by atoms with Crippen molar-refractivity contribution < 1.29 is 22.7 Å². The van der Waals surface area contributed by atoms with Crippen LogP contribution in [0.1, 0.15) is 29.3 Å². The third-order valence-corrected chi connectivity index (χ3v) is 4.54. The molecule has 0 saturated heterocycles. The number of anilines is 1. The molecular weight excluding hydrogens is 380 g/mol. The lowest BCUT2D eigenvalue weighted by atomic mass is 10.2. The standard InChI is InChI=1S/C20H22N2O5S/c1-2-13-21-19(23)15-27-20(24)17-8-10-18(11-9-17)22-28(25,26)14-12-16-6-4-3-5-7-16/h3-12,14,22H,2,13,15H2,1H3,(H,21,23)/b14-12+. The van der Waals surface area contributed by atoms with Crippen molar-refractivity contribution in [1.82, 2.24) is 5.32 Å². The Balaban J connectivity index is 1.92. The van der Waals surface area contributed by atoms with Crippen LogP contribution in [0.4, 0.5) is 5.69 Å². The summed E-state index contributed by atoms with van der Waals surface area (Å²) < 4.78 is 31.6. The van der Waals surface area contributed by atoms with Crippen molar-refractivity contribution in [3.8, 4) is 0 Å². The molecule has 0 atom stereocenters. The molecule has 2 aromatic carbocycles. The summed E-state index contributed by atoms with van der Waals surface area (Å²) in [5.41, 5.74) is 1.27. The number of hydrogen-bond acceptors (Lipinski definition) is 5. The number of carbonyl (C=O) groups is 2. The van der Waals surface area contributed by atoms with Crippen molar-refractivity contribution in [3.05, 3.63) is 71.1 Å². The van der Waals surface area contributed by atoms with Crippen LogP contribution in [0.2, 0.25) is 0 Å². The van der Waals surface area contributed by atoms with Crippen molar-refractivity contribution in [2.75, 3.05) is 17.9 Å². The van der Waals surface area contributed by atoms with E-state index in [-0.39, 0.29) is 18.1 Å². The van der Waals surface area contributed by atoms with Gasteiger partial charge in [-0.3, -0.25) is 9.52 Å². The van der Waals surface area contributed by atoms with Crippen molar-refractivity contribution in [3.63, 3.8) is 0 Å². The fourth-order valence-electron chi connectivity index (χ4n) is 2.13. The fourth-order valence-corrected chi connectivity index (χ4v) is 3.00. The second-order valence-corrected chi connectivity index (χ2v) is 7.43. The summed E-state index contributed by atoms with van der Waals surface area (Å²) in [4.78, 5) is 23.4. The highest BCUT2D eigenvalue weighted by Crippen LogP contribution is 2.13. The summed E-state index contributed by atoms with van der Waals surface area (Å²) in [7, 11) is -3.70. The average Bonchev–Trinajstić information content (AvgIpc) is 2.70. The fraction of sp³-hybridized carbons (Fsp3) is 0.200. The van der Waals surface area contributed by atoms with E-state index in [4.69, 9.17) is 4.74 Å². The summed E-state index contributed by atoms with van der Waals surface area (Å²) in [5.74, 6) is -1.03. The molecule has 148 valence electrons. The quantitative estimate of drug-likeness (QED) is 0.628. The van der Waals surface area contributed by atoms with Gasteiger partial charge in [0.2, 0.25) is 0 Å². The van der Waals surface area contributed by atoms with Gasteiger partial charge in [0.05, 0.1) is 11.0 Å². The Hall–Kier alpha value is -3.13. The molecule has 2 N–H and O–H groups in total. The minimum absolute atomic E-state index is 0.214. The molecule has 0 fully saturated rings. The number of benzene rings is 2. The van der Waals surface area contributed by atoms with Crippen LogP contribution in [-0.2, 0) is 19.6 Å². The summed E-state index contributed by atoms with van der Waals surface area (Å²) in [6, 6.07) is 14.8. The number of ether oxygens (including phenoxy) is 1. The van der Waals surface area contributed by atoms with Crippen molar-refractivity contribution in [2.24, 2.45) is 0 Å². The second kappa shape index (κ2) is 10.3. The van der Waals surface area contributed by atoms with Gasteiger partial charge in [-0.05, 0) is 42.3 Å². The highest BCUT2D eigenvalue weighted by Gasteiger charge is 2.11. The van der Waals surface area contributed by atoms with E-state index >= 15 is 0 Å². The molecule has 1 amide bonds. The molecule has 0 bridgehead atoms. The van der Waals surface area contributed by atoms with E-state index in [1.807, 2.05) is 25.1 Å². The van der Waals surface area contributed by atoms with Crippen molar-refractivity contribution in [2.45, 2.75) is 13.3 Å². The smallest absolute Gasteiger partial charge is 0.338 e. The number of carbonyl (C=O) groups excluding carboxylic acids is 2. The van der Waals surface area contributed by atoms with Gasteiger partial charge < -0.3 is 10.1 Å². The predicted molar refractivity (Wildman–Crippen MR) is 108 cm³/mol. The number of hydrogen-bond donors (Lipinski definition) is 2. The SMILES string of the molecule is CCCNC(=O)COC(=O)c1ccc(NS(=O)(=O)/C=C/c2ccccc2)cc1. The molecule has 28 heavy (non-hydrogen) atoms. The Bertz CT molecular complexity index is 923. The van der Waals surface area contributed by atoms with Gasteiger partial charge in [-0.1, -0.05) is 37.3 Å². The lowest BCUT2D eigenvalue weighted by Gasteiger charge is -2.07.